The fourth-order valence-corrected chi connectivity index (χ4v) is 2.97. The molecule has 72 valence electrons. The summed E-state index contributed by atoms with van der Waals surface area (Å²) in [5.74, 6) is -1.25. The van der Waals surface area contributed by atoms with Crippen LogP contribution in [0.5, 0.6) is 0 Å². The van der Waals surface area contributed by atoms with Gasteiger partial charge in [0.1, 0.15) is 5.04 Å². The SMILES string of the molecule is CSCC1=NC=C(C(=O)O)S1(=O)=O. The summed E-state index contributed by atoms with van der Waals surface area (Å²) in [6.45, 7) is 0. The Morgan fingerprint density at radius 2 is 2.31 bits per heavy atom. The topological polar surface area (TPSA) is 83.8 Å². The van der Waals surface area contributed by atoms with E-state index in [-0.39, 0.29) is 10.8 Å². The van der Waals surface area contributed by atoms with Crippen LogP contribution in [0.25, 0.3) is 0 Å². The molecule has 0 fully saturated rings. The molecule has 1 N–H and O–H groups in total. The highest BCUT2D eigenvalue weighted by Gasteiger charge is 2.33. The van der Waals surface area contributed by atoms with Crippen LogP contribution in [0.1, 0.15) is 0 Å². The number of carbonyl (C=O) groups is 1. The Kier molecular flexibility index (Phi) is 2.77. The molecule has 0 aliphatic carbocycles. The Balaban J connectivity index is 3.02. The molecule has 13 heavy (non-hydrogen) atoms. The van der Waals surface area contributed by atoms with Crippen molar-refractivity contribution in [1.82, 2.24) is 0 Å². The highest BCUT2D eigenvalue weighted by molar-refractivity contribution is 8.13. The molecule has 1 rings (SSSR count). The molecule has 0 atom stereocenters. The predicted octanol–water partition coefficient (Wildman–Crippen LogP) is 0.102. The summed E-state index contributed by atoms with van der Waals surface area (Å²) < 4.78 is 22.7. The summed E-state index contributed by atoms with van der Waals surface area (Å²) in [6.07, 6.45) is 2.60. The van der Waals surface area contributed by atoms with Crippen LogP contribution in [0.2, 0.25) is 0 Å². The lowest BCUT2D eigenvalue weighted by Gasteiger charge is -1.98. The average molecular weight is 221 g/mol. The lowest BCUT2D eigenvalue weighted by atomic mass is 10.6. The lowest BCUT2D eigenvalue weighted by Crippen LogP contribution is -2.19. The van der Waals surface area contributed by atoms with Gasteiger partial charge in [0.25, 0.3) is 0 Å². The van der Waals surface area contributed by atoms with Gasteiger partial charge in [-0.25, -0.2) is 18.2 Å². The van der Waals surface area contributed by atoms with Crippen LogP contribution in [0, 0.1) is 0 Å². The Morgan fingerprint density at radius 3 is 2.69 bits per heavy atom. The van der Waals surface area contributed by atoms with Gasteiger partial charge in [-0.3, -0.25) is 0 Å². The zero-order valence-electron chi connectivity index (χ0n) is 6.72. The maximum absolute atomic E-state index is 11.3. The van der Waals surface area contributed by atoms with E-state index in [4.69, 9.17) is 5.11 Å². The molecule has 0 radical (unpaired) electrons. The molecule has 5 nitrogen and oxygen atoms in total. The number of nitrogens with zero attached hydrogens (tertiary/aromatic N) is 1. The smallest absolute Gasteiger partial charge is 0.349 e. The zero-order chi connectivity index (χ0) is 10.1. The van der Waals surface area contributed by atoms with E-state index < -0.39 is 20.7 Å². The number of sulfone groups is 1. The number of carboxylic acid groups (broad SMARTS) is 1. The Bertz CT molecular complexity index is 393. The van der Waals surface area contributed by atoms with Gasteiger partial charge in [0.15, 0.2) is 4.91 Å². The van der Waals surface area contributed by atoms with Crippen molar-refractivity contribution in [1.29, 1.82) is 0 Å². The van der Waals surface area contributed by atoms with Crippen molar-refractivity contribution in [2.45, 2.75) is 0 Å². The van der Waals surface area contributed by atoms with E-state index in [1.807, 2.05) is 0 Å². The van der Waals surface area contributed by atoms with Gasteiger partial charge in [-0.2, -0.15) is 11.8 Å². The molecular weight excluding hydrogens is 214 g/mol. The normalized spacial score (nSPS) is 19.5. The van der Waals surface area contributed by atoms with Crippen LogP contribution in [-0.2, 0) is 14.6 Å². The van der Waals surface area contributed by atoms with E-state index in [0.717, 1.165) is 6.20 Å². The van der Waals surface area contributed by atoms with Gasteiger partial charge in [-0.05, 0) is 6.26 Å². The van der Waals surface area contributed by atoms with E-state index in [1.165, 1.54) is 11.8 Å². The average Bonchev–Trinajstić information content (AvgIpc) is 2.28. The Hall–Kier alpha value is -0.820. The van der Waals surface area contributed by atoms with Crippen molar-refractivity contribution in [3.05, 3.63) is 11.1 Å². The summed E-state index contributed by atoms with van der Waals surface area (Å²) in [4.78, 5) is 13.3. The molecule has 1 heterocycles. The van der Waals surface area contributed by atoms with Crippen LogP contribution in [-0.4, -0.2) is 36.5 Å². The Morgan fingerprint density at radius 1 is 1.69 bits per heavy atom. The highest BCUT2D eigenvalue weighted by Crippen LogP contribution is 2.19. The summed E-state index contributed by atoms with van der Waals surface area (Å²) in [7, 11) is -3.80. The Labute approximate surface area is 79.5 Å². The molecule has 0 bridgehead atoms. The number of rotatable bonds is 3. The number of aliphatic imine (C=N–C) groups is 1. The molecule has 0 aromatic carbocycles. The minimum Gasteiger partial charge on any atom is -0.477 e. The molecule has 7 heteroatoms. The number of aliphatic carboxylic acids is 1. The van der Waals surface area contributed by atoms with Gasteiger partial charge in [-0.1, -0.05) is 0 Å². The van der Waals surface area contributed by atoms with Crippen LogP contribution >= 0.6 is 11.8 Å². The van der Waals surface area contributed by atoms with Crippen LogP contribution in [0.3, 0.4) is 0 Å². The number of carboxylic acids is 1. The fourth-order valence-electron chi connectivity index (χ4n) is 0.805. The monoisotopic (exact) mass is 221 g/mol. The summed E-state index contributed by atoms with van der Waals surface area (Å²) in [6, 6.07) is 0. The third-order valence-electron chi connectivity index (χ3n) is 1.40. The lowest BCUT2D eigenvalue weighted by molar-refractivity contribution is -0.131. The minimum absolute atomic E-state index is 0.0857. The third-order valence-corrected chi connectivity index (χ3v) is 3.88. The number of hydrogen-bond donors (Lipinski definition) is 1. The molecule has 0 aromatic rings. The summed E-state index contributed by atoms with van der Waals surface area (Å²) in [5, 5.41) is 8.42. The fraction of sp³-hybridized carbons (Fsp3) is 0.333. The number of hydrogen-bond acceptors (Lipinski definition) is 5. The van der Waals surface area contributed by atoms with Crippen molar-refractivity contribution < 1.29 is 18.3 Å². The molecule has 0 unspecified atom stereocenters. The first-order chi connectivity index (χ1) is 6.00. The van der Waals surface area contributed by atoms with Gasteiger partial charge in [0, 0.05) is 5.75 Å². The molecule has 0 saturated heterocycles. The van der Waals surface area contributed by atoms with E-state index in [1.54, 1.807) is 6.26 Å². The van der Waals surface area contributed by atoms with Gasteiger partial charge in [-0.15, -0.1) is 0 Å². The van der Waals surface area contributed by atoms with Crippen LogP contribution in [0.15, 0.2) is 16.1 Å². The van der Waals surface area contributed by atoms with Gasteiger partial charge >= 0.3 is 5.97 Å². The minimum atomic E-state index is -3.80. The van der Waals surface area contributed by atoms with E-state index in [2.05, 4.69) is 4.99 Å². The molecule has 1 aliphatic rings. The second kappa shape index (κ2) is 3.51. The van der Waals surface area contributed by atoms with Gasteiger partial charge in [0.2, 0.25) is 9.84 Å². The summed E-state index contributed by atoms with van der Waals surface area (Å²) >= 11 is 1.28. The van der Waals surface area contributed by atoms with E-state index >= 15 is 0 Å². The van der Waals surface area contributed by atoms with Crippen LogP contribution in [0.4, 0.5) is 0 Å². The zero-order valence-corrected chi connectivity index (χ0v) is 8.35. The maximum atomic E-state index is 11.3. The standard InChI is InChI=1S/C6H7NO4S2/c1-12-3-5-7-2-4(6(8)9)13(5,10)11/h2H,3H2,1H3,(H,8,9). The van der Waals surface area contributed by atoms with Gasteiger partial charge in [0.05, 0.1) is 6.20 Å². The van der Waals surface area contributed by atoms with Crippen molar-refractivity contribution >= 4 is 32.6 Å². The molecule has 1 aliphatic heterocycles. The van der Waals surface area contributed by atoms with Crippen molar-refractivity contribution in [2.24, 2.45) is 4.99 Å². The second-order valence-electron chi connectivity index (χ2n) is 2.26. The molecular formula is C6H7NO4S2. The molecule has 0 spiro atoms. The predicted molar refractivity (Wildman–Crippen MR) is 50.5 cm³/mol. The highest BCUT2D eigenvalue weighted by atomic mass is 32.2. The molecule has 0 aromatic heterocycles. The van der Waals surface area contributed by atoms with Crippen molar-refractivity contribution in [3.63, 3.8) is 0 Å². The quantitative estimate of drug-likeness (QED) is 0.730. The number of thioether (sulfide) groups is 1. The molecule has 0 saturated carbocycles. The largest absolute Gasteiger partial charge is 0.477 e. The first-order valence-electron chi connectivity index (χ1n) is 3.24. The van der Waals surface area contributed by atoms with Gasteiger partial charge < -0.3 is 5.11 Å². The molecule has 0 amide bonds. The van der Waals surface area contributed by atoms with Crippen molar-refractivity contribution in [3.8, 4) is 0 Å². The maximum Gasteiger partial charge on any atom is 0.349 e. The van der Waals surface area contributed by atoms with E-state index in [9.17, 15) is 13.2 Å². The third kappa shape index (κ3) is 1.75. The van der Waals surface area contributed by atoms with Crippen molar-refractivity contribution in [2.75, 3.05) is 12.0 Å². The van der Waals surface area contributed by atoms with E-state index in [0.29, 0.717) is 0 Å². The first-order valence-corrected chi connectivity index (χ1v) is 6.12. The first kappa shape index (κ1) is 10.3. The van der Waals surface area contributed by atoms with Crippen LogP contribution < -0.4 is 0 Å². The second-order valence-corrected chi connectivity index (χ2v) is 5.04. The summed E-state index contributed by atoms with van der Waals surface area (Å²) in [5.41, 5.74) is 0.